The molecule has 0 bridgehead atoms. The third-order valence-corrected chi connectivity index (χ3v) is 3.26. The summed E-state index contributed by atoms with van der Waals surface area (Å²) in [6, 6.07) is 8.60. The standard InChI is InChI=1S/C16H14FN5O2/c1-9-8-14(23)20-16(18-9)22-13(7-10(2)21-22)19-15(24)11-5-3-4-6-12(11)17/h3-8H,1-2H3,(H,19,24)(H,18,20,23). The molecule has 0 radical (unpaired) electrons. The molecule has 0 saturated carbocycles. The number of hydrogen-bond acceptors (Lipinski definition) is 4. The average molecular weight is 327 g/mol. The van der Waals surface area contributed by atoms with Crippen LogP contribution in [-0.4, -0.2) is 25.7 Å². The molecule has 2 aromatic heterocycles. The van der Waals surface area contributed by atoms with E-state index < -0.39 is 17.3 Å². The van der Waals surface area contributed by atoms with Gasteiger partial charge in [-0.1, -0.05) is 12.1 Å². The molecule has 3 aromatic rings. The molecule has 0 aliphatic carbocycles. The summed E-state index contributed by atoms with van der Waals surface area (Å²) in [6.45, 7) is 3.43. The Morgan fingerprint density at radius 2 is 2.00 bits per heavy atom. The largest absolute Gasteiger partial charge is 0.328 e. The van der Waals surface area contributed by atoms with E-state index >= 15 is 0 Å². The Kier molecular flexibility index (Phi) is 3.95. The predicted octanol–water partition coefficient (Wildman–Crippen LogP) is 1.96. The van der Waals surface area contributed by atoms with E-state index in [9.17, 15) is 14.0 Å². The monoisotopic (exact) mass is 327 g/mol. The van der Waals surface area contributed by atoms with E-state index in [0.717, 1.165) is 0 Å². The minimum absolute atomic E-state index is 0.0893. The summed E-state index contributed by atoms with van der Waals surface area (Å²) in [4.78, 5) is 30.6. The van der Waals surface area contributed by atoms with Gasteiger partial charge in [-0.15, -0.1) is 0 Å². The van der Waals surface area contributed by atoms with Gasteiger partial charge in [-0.3, -0.25) is 9.59 Å². The molecule has 24 heavy (non-hydrogen) atoms. The highest BCUT2D eigenvalue weighted by Gasteiger charge is 2.16. The zero-order chi connectivity index (χ0) is 17.3. The highest BCUT2D eigenvalue weighted by Crippen LogP contribution is 2.16. The lowest BCUT2D eigenvalue weighted by Crippen LogP contribution is -2.19. The average Bonchev–Trinajstić information content (AvgIpc) is 2.87. The van der Waals surface area contributed by atoms with Crippen molar-refractivity contribution in [2.45, 2.75) is 13.8 Å². The third kappa shape index (κ3) is 3.07. The highest BCUT2D eigenvalue weighted by molar-refractivity contribution is 6.04. The fourth-order valence-corrected chi connectivity index (χ4v) is 2.24. The number of halogens is 1. The molecule has 3 rings (SSSR count). The van der Waals surface area contributed by atoms with Gasteiger partial charge in [0.05, 0.1) is 11.3 Å². The van der Waals surface area contributed by atoms with Gasteiger partial charge < -0.3 is 10.3 Å². The number of hydrogen-bond donors (Lipinski definition) is 2. The van der Waals surface area contributed by atoms with Crippen LogP contribution in [-0.2, 0) is 0 Å². The van der Waals surface area contributed by atoms with Crippen molar-refractivity contribution in [2.24, 2.45) is 0 Å². The first-order chi connectivity index (χ1) is 11.4. The molecule has 0 saturated heterocycles. The molecule has 2 N–H and O–H groups in total. The summed E-state index contributed by atoms with van der Waals surface area (Å²) in [5.74, 6) is -0.810. The number of rotatable bonds is 3. The van der Waals surface area contributed by atoms with Crippen LogP contribution < -0.4 is 10.9 Å². The summed E-state index contributed by atoms with van der Waals surface area (Å²) in [6.07, 6.45) is 0. The van der Waals surface area contributed by atoms with Gasteiger partial charge in [0.15, 0.2) is 0 Å². The van der Waals surface area contributed by atoms with Crippen LogP contribution in [0.2, 0.25) is 0 Å². The number of aryl methyl sites for hydroxylation is 2. The molecule has 0 spiro atoms. The maximum atomic E-state index is 13.7. The quantitative estimate of drug-likeness (QED) is 0.769. The molecule has 1 amide bonds. The lowest BCUT2D eigenvalue weighted by Gasteiger charge is -2.09. The first-order valence-electron chi connectivity index (χ1n) is 7.15. The number of nitrogens with one attached hydrogen (secondary N) is 2. The van der Waals surface area contributed by atoms with Crippen LogP contribution in [0.1, 0.15) is 21.7 Å². The summed E-state index contributed by atoms with van der Waals surface area (Å²) >= 11 is 0. The van der Waals surface area contributed by atoms with Gasteiger partial charge in [-0.2, -0.15) is 14.8 Å². The molecule has 122 valence electrons. The number of amides is 1. The Morgan fingerprint density at radius 3 is 2.71 bits per heavy atom. The Labute approximate surface area is 136 Å². The Bertz CT molecular complexity index is 977. The number of aromatic amines is 1. The van der Waals surface area contributed by atoms with Gasteiger partial charge in [0.2, 0.25) is 5.95 Å². The van der Waals surface area contributed by atoms with Gasteiger partial charge in [0.1, 0.15) is 11.6 Å². The van der Waals surface area contributed by atoms with Gasteiger partial charge in [-0.05, 0) is 26.0 Å². The van der Waals surface area contributed by atoms with E-state index in [-0.39, 0.29) is 17.3 Å². The van der Waals surface area contributed by atoms with Crippen LogP contribution in [0.15, 0.2) is 41.2 Å². The van der Waals surface area contributed by atoms with Gasteiger partial charge in [0, 0.05) is 17.8 Å². The van der Waals surface area contributed by atoms with E-state index in [1.165, 1.54) is 28.9 Å². The lowest BCUT2D eigenvalue weighted by atomic mass is 10.2. The van der Waals surface area contributed by atoms with Crippen LogP contribution in [0.3, 0.4) is 0 Å². The summed E-state index contributed by atoms with van der Waals surface area (Å²) in [5.41, 5.74) is 0.682. The molecule has 0 aliphatic heterocycles. The van der Waals surface area contributed by atoms with Gasteiger partial charge in [-0.25, -0.2) is 4.39 Å². The fourth-order valence-electron chi connectivity index (χ4n) is 2.24. The number of anilines is 1. The second-order valence-corrected chi connectivity index (χ2v) is 5.24. The lowest BCUT2D eigenvalue weighted by molar-refractivity contribution is 0.102. The van der Waals surface area contributed by atoms with Crippen molar-refractivity contribution >= 4 is 11.7 Å². The topological polar surface area (TPSA) is 92.7 Å². The van der Waals surface area contributed by atoms with Crippen LogP contribution in [0.5, 0.6) is 0 Å². The Hall–Kier alpha value is -3.29. The molecule has 7 nitrogen and oxygen atoms in total. The minimum atomic E-state index is -0.625. The normalized spacial score (nSPS) is 10.6. The molecule has 0 unspecified atom stereocenters. The van der Waals surface area contributed by atoms with E-state index in [4.69, 9.17) is 0 Å². The van der Waals surface area contributed by atoms with Crippen molar-refractivity contribution in [2.75, 3.05) is 5.32 Å². The number of H-pyrrole nitrogens is 1. The van der Waals surface area contributed by atoms with Crippen molar-refractivity contribution in [3.05, 3.63) is 69.5 Å². The van der Waals surface area contributed by atoms with Crippen molar-refractivity contribution in [1.29, 1.82) is 0 Å². The smallest absolute Gasteiger partial charge is 0.274 e. The minimum Gasteiger partial charge on any atom is -0.328 e. The zero-order valence-corrected chi connectivity index (χ0v) is 13.0. The number of carbonyl (C=O) groups excluding carboxylic acids is 1. The maximum absolute atomic E-state index is 13.7. The first-order valence-corrected chi connectivity index (χ1v) is 7.15. The van der Waals surface area contributed by atoms with Crippen LogP contribution in [0.25, 0.3) is 5.95 Å². The molecule has 8 heteroatoms. The molecule has 0 atom stereocenters. The van der Waals surface area contributed by atoms with E-state index in [1.807, 2.05) is 0 Å². The summed E-state index contributed by atoms with van der Waals surface area (Å²) < 4.78 is 15.0. The van der Waals surface area contributed by atoms with Crippen molar-refractivity contribution in [3.8, 4) is 5.95 Å². The SMILES string of the molecule is Cc1cc(NC(=O)c2ccccc2F)n(-c2nc(=O)cc(C)[nH]2)n1. The Balaban J connectivity index is 1.99. The molecular weight excluding hydrogens is 313 g/mol. The fraction of sp³-hybridized carbons (Fsp3) is 0.125. The summed E-state index contributed by atoms with van der Waals surface area (Å²) in [5, 5.41) is 6.79. The molecule has 0 aliphatic rings. The predicted molar refractivity (Wildman–Crippen MR) is 85.8 cm³/mol. The van der Waals surface area contributed by atoms with Crippen molar-refractivity contribution < 1.29 is 9.18 Å². The molecular formula is C16H14FN5O2. The molecule has 0 fully saturated rings. The van der Waals surface area contributed by atoms with Crippen LogP contribution in [0.4, 0.5) is 10.2 Å². The van der Waals surface area contributed by atoms with Crippen molar-refractivity contribution in [1.82, 2.24) is 19.7 Å². The molecule has 1 aromatic carbocycles. The van der Waals surface area contributed by atoms with E-state index in [0.29, 0.717) is 11.4 Å². The maximum Gasteiger partial charge on any atom is 0.274 e. The second kappa shape index (κ2) is 6.07. The number of benzene rings is 1. The van der Waals surface area contributed by atoms with E-state index in [2.05, 4.69) is 20.4 Å². The first kappa shape index (κ1) is 15.6. The Morgan fingerprint density at radius 1 is 1.25 bits per heavy atom. The van der Waals surface area contributed by atoms with Gasteiger partial charge in [0.25, 0.3) is 11.5 Å². The number of nitrogens with zero attached hydrogens (tertiary/aromatic N) is 3. The number of aromatic nitrogens is 4. The van der Waals surface area contributed by atoms with E-state index in [1.54, 1.807) is 26.0 Å². The zero-order valence-electron chi connectivity index (χ0n) is 13.0. The van der Waals surface area contributed by atoms with Crippen molar-refractivity contribution in [3.63, 3.8) is 0 Å². The number of carbonyl (C=O) groups is 1. The second-order valence-electron chi connectivity index (χ2n) is 5.24. The van der Waals surface area contributed by atoms with Crippen LogP contribution >= 0.6 is 0 Å². The van der Waals surface area contributed by atoms with Gasteiger partial charge >= 0.3 is 0 Å². The highest BCUT2D eigenvalue weighted by atomic mass is 19.1. The van der Waals surface area contributed by atoms with Crippen LogP contribution in [0, 0.1) is 19.7 Å². The third-order valence-electron chi connectivity index (χ3n) is 3.26. The molecule has 2 heterocycles. The summed E-state index contributed by atoms with van der Waals surface area (Å²) in [7, 11) is 0.